The Kier molecular flexibility index (Phi) is 5.22. The largest absolute Gasteiger partial charge is 0.386 e. The molecular formula is C21H19IN4O2S. The average molecular weight is 518 g/mol. The van der Waals surface area contributed by atoms with Crippen LogP contribution >= 0.6 is 22.6 Å². The second kappa shape index (κ2) is 7.68. The smallest absolute Gasteiger partial charge is 0.229 e. The van der Waals surface area contributed by atoms with Gasteiger partial charge in [-0.2, -0.15) is 0 Å². The van der Waals surface area contributed by atoms with Gasteiger partial charge in [-0.3, -0.25) is 4.72 Å². The quantitative estimate of drug-likeness (QED) is 0.252. The van der Waals surface area contributed by atoms with Crippen molar-refractivity contribution >= 4 is 77.2 Å². The van der Waals surface area contributed by atoms with Crippen molar-refractivity contribution in [3.8, 4) is 0 Å². The van der Waals surface area contributed by atoms with E-state index in [1.165, 1.54) is 0 Å². The number of nitrogens with one attached hydrogen (secondary N) is 3. The number of fused-ring (bicyclic) bond motifs is 2. The molecule has 3 aromatic carbocycles. The number of benzene rings is 3. The van der Waals surface area contributed by atoms with Crippen molar-refractivity contribution in [3.63, 3.8) is 0 Å². The Labute approximate surface area is 182 Å². The Morgan fingerprint density at radius 3 is 2.41 bits per heavy atom. The van der Waals surface area contributed by atoms with Crippen LogP contribution in [-0.2, 0) is 10.0 Å². The SMILES string of the molecule is CNc1cc(NS(C)(=O)=O)ccc1Nc1c2ccccc2nc2cc(I)ccc12. The summed E-state index contributed by atoms with van der Waals surface area (Å²) in [6.07, 6.45) is 1.13. The van der Waals surface area contributed by atoms with Crippen LogP contribution in [0.2, 0.25) is 0 Å². The zero-order valence-electron chi connectivity index (χ0n) is 15.8. The number of hydrogen-bond donors (Lipinski definition) is 3. The van der Waals surface area contributed by atoms with Crippen molar-refractivity contribution in [1.29, 1.82) is 0 Å². The maximum atomic E-state index is 11.5. The highest BCUT2D eigenvalue weighted by Gasteiger charge is 2.12. The molecule has 0 radical (unpaired) electrons. The van der Waals surface area contributed by atoms with Crippen LogP contribution in [0.4, 0.5) is 22.7 Å². The molecule has 8 heteroatoms. The van der Waals surface area contributed by atoms with Crippen molar-refractivity contribution in [2.24, 2.45) is 0 Å². The van der Waals surface area contributed by atoms with Crippen molar-refractivity contribution in [2.45, 2.75) is 0 Å². The summed E-state index contributed by atoms with van der Waals surface area (Å²) in [5, 5.41) is 8.70. The molecule has 29 heavy (non-hydrogen) atoms. The number of aromatic nitrogens is 1. The third-order valence-electron chi connectivity index (χ3n) is 4.50. The molecule has 0 saturated carbocycles. The summed E-state index contributed by atoms with van der Waals surface area (Å²) in [4.78, 5) is 4.80. The highest BCUT2D eigenvalue weighted by molar-refractivity contribution is 14.1. The maximum absolute atomic E-state index is 11.5. The standard InChI is InChI=1S/C21H19IN4O2S/c1-23-20-12-14(26-29(2,27)28)8-10-18(20)25-21-15-5-3-4-6-17(15)24-19-11-13(22)7-9-16(19)21/h3-12,23,26H,1-2H3,(H,24,25). The van der Waals surface area contributed by atoms with Gasteiger partial charge in [-0.25, -0.2) is 13.4 Å². The minimum atomic E-state index is -3.34. The summed E-state index contributed by atoms with van der Waals surface area (Å²) >= 11 is 2.29. The van der Waals surface area contributed by atoms with Crippen molar-refractivity contribution in [3.05, 3.63) is 64.2 Å². The van der Waals surface area contributed by atoms with E-state index in [4.69, 9.17) is 4.98 Å². The highest BCUT2D eigenvalue weighted by atomic mass is 127. The first-order valence-electron chi connectivity index (χ1n) is 8.89. The highest BCUT2D eigenvalue weighted by Crippen LogP contribution is 2.36. The van der Waals surface area contributed by atoms with Gasteiger partial charge in [0.1, 0.15) is 0 Å². The monoisotopic (exact) mass is 518 g/mol. The lowest BCUT2D eigenvalue weighted by Gasteiger charge is -2.17. The Balaban J connectivity index is 1.87. The molecule has 0 bridgehead atoms. The first-order valence-corrected chi connectivity index (χ1v) is 11.9. The Morgan fingerprint density at radius 2 is 1.66 bits per heavy atom. The van der Waals surface area contributed by atoms with Crippen LogP contribution in [-0.4, -0.2) is 26.7 Å². The van der Waals surface area contributed by atoms with Gasteiger partial charge in [-0.15, -0.1) is 0 Å². The number of halogens is 1. The predicted molar refractivity (Wildman–Crippen MR) is 130 cm³/mol. The first kappa shape index (κ1) is 19.7. The summed E-state index contributed by atoms with van der Waals surface area (Å²) in [5.41, 5.74) is 4.90. The van der Waals surface area contributed by atoms with E-state index >= 15 is 0 Å². The van der Waals surface area contributed by atoms with Gasteiger partial charge in [-0.05, 0) is 65.1 Å². The summed E-state index contributed by atoms with van der Waals surface area (Å²) in [6.45, 7) is 0. The number of anilines is 4. The van der Waals surface area contributed by atoms with Crippen LogP contribution in [0.1, 0.15) is 0 Å². The van der Waals surface area contributed by atoms with Gasteiger partial charge in [0.2, 0.25) is 10.0 Å². The molecule has 0 spiro atoms. The summed E-state index contributed by atoms with van der Waals surface area (Å²) in [7, 11) is -1.54. The third-order valence-corrected chi connectivity index (χ3v) is 5.77. The molecule has 0 saturated heterocycles. The van der Waals surface area contributed by atoms with E-state index in [2.05, 4.69) is 56.1 Å². The number of hydrogen-bond acceptors (Lipinski definition) is 5. The van der Waals surface area contributed by atoms with Crippen LogP contribution in [0.3, 0.4) is 0 Å². The lowest BCUT2D eigenvalue weighted by Crippen LogP contribution is -2.10. The predicted octanol–water partition coefficient (Wildman–Crippen LogP) is 5.15. The second-order valence-electron chi connectivity index (χ2n) is 6.68. The van der Waals surface area contributed by atoms with Crippen molar-refractivity contribution in [2.75, 3.05) is 28.7 Å². The van der Waals surface area contributed by atoms with Gasteiger partial charge in [0.25, 0.3) is 0 Å². The lowest BCUT2D eigenvalue weighted by atomic mass is 10.1. The number of nitrogens with zero attached hydrogens (tertiary/aromatic N) is 1. The summed E-state index contributed by atoms with van der Waals surface area (Å²) in [5.74, 6) is 0. The van der Waals surface area contributed by atoms with Crippen LogP contribution in [0.5, 0.6) is 0 Å². The Bertz CT molecular complexity index is 1340. The Morgan fingerprint density at radius 1 is 0.897 bits per heavy atom. The summed E-state index contributed by atoms with van der Waals surface area (Å²) < 4.78 is 26.7. The van der Waals surface area contributed by atoms with Gasteiger partial charge < -0.3 is 10.6 Å². The van der Waals surface area contributed by atoms with E-state index in [-0.39, 0.29) is 0 Å². The molecule has 4 aromatic rings. The van der Waals surface area contributed by atoms with Crippen LogP contribution < -0.4 is 15.4 Å². The summed E-state index contributed by atoms with van der Waals surface area (Å²) in [6, 6.07) is 19.5. The zero-order valence-corrected chi connectivity index (χ0v) is 18.8. The van der Waals surface area contributed by atoms with E-state index in [9.17, 15) is 8.42 Å². The molecule has 0 unspecified atom stereocenters. The van der Waals surface area contributed by atoms with Crippen molar-refractivity contribution in [1.82, 2.24) is 4.98 Å². The molecule has 3 N–H and O–H groups in total. The first-order chi connectivity index (χ1) is 13.8. The maximum Gasteiger partial charge on any atom is 0.229 e. The van der Waals surface area contributed by atoms with Crippen LogP contribution in [0.15, 0.2) is 60.7 Å². The zero-order chi connectivity index (χ0) is 20.6. The van der Waals surface area contributed by atoms with Gasteiger partial charge in [0.15, 0.2) is 0 Å². The molecule has 0 atom stereocenters. The molecule has 1 aromatic heterocycles. The number of rotatable bonds is 5. The van der Waals surface area contributed by atoms with Gasteiger partial charge in [0, 0.05) is 21.4 Å². The van der Waals surface area contributed by atoms with Gasteiger partial charge >= 0.3 is 0 Å². The minimum Gasteiger partial charge on any atom is -0.386 e. The topological polar surface area (TPSA) is 83.1 Å². The second-order valence-corrected chi connectivity index (χ2v) is 9.67. The van der Waals surface area contributed by atoms with Gasteiger partial charge in [0.05, 0.1) is 40.0 Å². The van der Waals surface area contributed by atoms with Crippen LogP contribution in [0.25, 0.3) is 21.8 Å². The van der Waals surface area contributed by atoms with E-state index in [1.54, 1.807) is 19.2 Å². The van der Waals surface area contributed by atoms with E-state index < -0.39 is 10.0 Å². The fraction of sp³-hybridized carbons (Fsp3) is 0.0952. The van der Waals surface area contributed by atoms with Gasteiger partial charge in [-0.1, -0.05) is 18.2 Å². The van der Waals surface area contributed by atoms with Crippen molar-refractivity contribution < 1.29 is 8.42 Å². The molecular weight excluding hydrogens is 499 g/mol. The lowest BCUT2D eigenvalue weighted by molar-refractivity contribution is 0.607. The molecule has 4 rings (SSSR count). The molecule has 0 aliphatic heterocycles. The Hall–Kier alpha value is -2.59. The third kappa shape index (κ3) is 4.23. The minimum absolute atomic E-state index is 0.501. The molecule has 148 valence electrons. The van der Waals surface area contributed by atoms with Crippen LogP contribution in [0, 0.1) is 3.57 Å². The number of sulfonamides is 1. The molecule has 1 heterocycles. The van der Waals surface area contributed by atoms with E-state index in [1.807, 2.05) is 30.3 Å². The molecule has 0 aliphatic carbocycles. The fourth-order valence-electron chi connectivity index (χ4n) is 3.27. The van der Waals surface area contributed by atoms with E-state index in [0.29, 0.717) is 5.69 Å². The fourth-order valence-corrected chi connectivity index (χ4v) is 4.30. The normalized spacial score (nSPS) is 11.6. The number of para-hydroxylation sites is 1. The van der Waals surface area contributed by atoms with E-state index in [0.717, 1.165) is 48.7 Å². The average Bonchev–Trinajstić information content (AvgIpc) is 2.67. The number of pyridine rings is 1. The molecule has 0 aliphatic rings. The molecule has 0 fully saturated rings. The molecule has 0 amide bonds. The molecule has 6 nitrogen and oxygen atoms in total.